The molecule has 10 heteroatoms. The molecule has 0 saturated carbocycles. The number of non-ortho nitro benzene ring substituents is 1. The second-order valence-corrected chi connectivity index (χ2v) is 7.72. The van der Waals surface area contributed by atoms with Crippen LogP contribution in [0, 0.1) is 10.1 Å². The van der Waals surface area contributed by atoms with Crippen LogP contribution in [0.4, 0.5) is 5.69 Å². The van der Waals surface area contributed by atoms with Gasteiger partial charge in [0.25, 0.3) is 15.7 Å². The number of halogens is 2. The minimum Gasteiger partial charge on any atom is -0.287 e. The van der Waals surface area contributed by atoms with E-state index in [4.69, 9.17) is 0 Å². The fourth-order valence-electron chi connectivity index (χ4n) is 1.72. The van der Waals surface area contributed by atoms with Gasteiger partial charge >= 0.3 is 0 Å². The molecule has 1 aromatic rings. The van der Waals surface area contributed by atoms with Crippen LogP contribution in [0.15, 0.2) is 54.2 Å². The van der Waals surface area contributed by atoms with Crippen LogP contribution in [0.2, 0.25) is 0 Å². The number of hydrogen-bond acceptors (Lipinski definition) is 5. The molecule has 0 N–H and O–H groups in total. The Balaban J connectivity index is 2.55. The lowest BCUT2D eigenvalue weighted by atomic mass is 10.1. The molecule has 2 rings (SSSR count). The predicted molar refractivity (Wildman–Crippen MR) is 91.4 cm³/mol. The summed E-state index contributed by atoms with van der Waals surface area (Å²) in [5.74, 6) is -0.325. The monoisotopic (exact) mass is 462 g/mol. The number of hydrogen-bond donors (Lipinski definition) is 0. The van der Waals surface area contributed by atoms with Crippen molar-refractivity contribution in [1.82, 2.24) is 0 Å². The number of rotatable bonds is 3. The zero-order valence-electron chi connectivity index (χ0n) is 11.5. The van der Waals surface area contributed by atoms with Crippen LogP contribution in [0.5, 0.6) is 0 Å². The molecule has 0 heterocycles. The number of benzene rings is 1. The standard InChI is InChI=1S/C13H8Br2N2O5S/c1-7-11(6-10(14)13(18)12(7)15)16-23(21,22)9-4-2-3-8(5-9)17(19)20/h2-6H,1H3/b16-11+. The molecule has 0 atom stereocenters. The molecule has 0 aromatic heterocycles. The molecule has 7 nitrogen and oxygen atoms in total. The first kappa shape index (κ1) is 17.7. The van der Waals surface area contributed by atoms with Gasteiger partial charge in [-0.15, -0.1) is 0 Å². The lowest BCUT2D eigenvalue weighted by Crippen LogP contribution is -2.14. The summed E-state index contributed by atoms with van der Waals surface area (Å²) >= 11 is 6.13. The molecule has 0 saturated heterocycles. The second kappa shape index (κ2) is 6.46. The van der Waals surface area contributed by atoms with E-state index in [1.165, 1.54) is 24.3 Å². The molecule has 0 bridgehead atoms. The van der Waals surface area contributed by atoms with Crippen LogP contribution in [0.3, 0.4) is 0 Å². The Morgan fingerprint density at radius 1 is 1.26 bits per heavy atom. The van der Waals surface area contributed by atoms with Crippen molar-refractivity contribution >= 4 is 59.1 Å². The largest absolute Gasteiger partial charge is 0.287 e. The molecule has 1 aliphatic carbocycles. The van der Waals surface area contributed by atoms with E-state index >= 15 is 0 Å². The lowest BCUT2D eigenvalue weighted by Gasteiger charge is -2.12. The third-order valence-corrected chi connectivity index (χ3v) is 5.77. The molecule has 0 fully saturated rings. The fourth-order valence-corrected chi connectivity index (χ4v) is 3.89. The van der Waals surface area contributed by atoms with E-state index in [1.54, 1.807) is 6.92 Å². The summed E-state index contributed by atoms with van der Waals surface area (Å²) in [4.78, 5) is 21.5. The van der Waals surface area contributed by atoms with Crippen LogP contribution in [0.25, 0.3) is 0 Å². The maximum atomic E-state index is 12.3. The van der Waals surface area contributed by atoms with Gasteiger partial charge in [-0.25, -0.2) is 0 Å². The number of nitrogens with zero attached hydrogens (tertiary/aromatic N) is 2. The van der Waals surface area contributed by atoms with Crippen LogP contribution < -0.4 is 0 Å². The van der Waals surface area contributed by atoms with Gasteiger partial charge in [-0.3, -0.25) is 14.9 Å². The number of nitro groups is 1. The smallest absolute Gasteiger partial charge is 0.283 e. The van der Waals surface area contributed by atoms with Crippen molar-refractivity contribution in [3.05, 3.63) is 55.0 Å². The molecule has 0 spiro atoms. The highest BCUT2D eigenvalue weighted by Crippen LogP contribution is 2.28. The summed E-state index contributed by atoms with van der Waals surface area (Å²) in [5.41, 5.74) is 0.0670. The van der Waals surface area contributed by atoms with E-state index in [0.717, 1.165) is 6.07 Å². The number of allylic oxidation sites excluding steroid dienone is 4. The highest BCUT2D eigenvalue weighted by atomic mass is 79.9. The van der Waals surface area contributed by atoms with E-state index < -0.39 is 14.9 Å². The highest BCUT2D eigenvalue weighted by Gasteiger charge is 2.24. The van der Waals surface area contributed by atoms with Gasteiger partial charge in [-0.1, -0.05) is 6.07 Å². The Bertz CT molecular complexity index is 916. The van der Waals surface area contributed by atoms with Gasteiger partial charge in [-0.2, -0.15) is 12.8 Å². The SMILES string of the molecule is CC1=C(Br)C(=O)C(Br)=C/C1=N\S(=O)(=O)c1cccc([N+](=O)[O-])c1. The third kappa shape index (κ3) is 3.65. The minimum atomic E-state index is -4.16. The zero-order valence-corrected chi connectivity index (χ0v) is 15.5. The van der Waals surface area contributed by atoms with Crippen molar-refractivity contribution in [2.45, 2.75) is 11.8 Å². The predicted octanol–water partition coefficient (Wildman–Crippen LogP) is 3.25. The van der Waals surface area contributed by atoms with Crippen LogP contribution in [-0.4, -0.2) is 24.8 Å². The molecule has 23 heavy (non-hydrogen) atoms. The topological polar surface area (TPSA) is 107 Å². The van der Waals surface area contributed by atoms with Crippen molar-refractivity contribution in [2.75, 3.05) is 0 Å². The van der Waals surface area contributed by atoms with E-state index in [-0.39, 0.29) is 31.0 Å². The Morgan fingerprint density at radius 3 is 2.52 bits per heavy atom. The first-order valence-electron chi connectivity index (χ1n) is 6.01. The Kier molecular flexibility index (Phi) is 4.97. The summed E-state index contributed by atoms with van der Waals surface area (Å²) < 4.78 is 28.7. The Hall–Kier alpha value is -1.65. The molecule has 0 aliphatic heterocycles. The average molecular weight is 464 g/mol. The number of ketones is 1. The van der Waals surface area contributed by atoms with Crippen LogP contribution >= 0.6 is 31.9 Å². The van der Waals surface area contributed by atoms with Crippen LogP contribution in [-0.2, 0) is 14.8 Å². The van der Waals surface area contributed by atoms with Gasteiger partial charge in [0.1, 0.15) is 0 Å². The molecular formula is C13H8Br2N2O5S. The number of Topliss-reactive ketones (excluding diaryl/α,β-unsaturated/α-hetero) is 1. The summed E-state index contributed by atoms with van der Waals surface area (Å²) in [6, 6.07) is 4.59. The maximum absolute atomic E-state index is 12.3. The fraction of sp³-hybridized carbons (Fsp3) is 0.0769. The van der Waals surface area contributed by atoms with E-state index in [9.17, 15) is 23.3 Å². The molecule has 1 aliphatic rings. The number of carbonyl (C=O) groups excluding carboxylic acids is 1. The van der Waals surface area contributed by atoms with Gasteiger partial charge in [-0.05, 0) is 56.5 Å². The lowest BCUT2D eigenvalue weighted by molar-refractivity contribution is -0.385. The third-order valence-electron chi connectivity index (χ3n) is 2.94. The first-order valence-corrected chi connectivity index (χ1v) is 9.04. The van der Waals surface area contributed by atoms with Crippen molar-refractivity contribution < 1.29 is 18.1 Å². The van der Waals surface area contributed by atoms with Gasteiger partial charge < -0.3 is 0 Å². The average Bonchev–Trinajstić information content (AvgIpc) is 2.50. The second-order valence-electron chi connectivity index (χ2n) is 4.47. The van der Waals surface area contributed by atoms with Crippen LogP contribution in [0.1, 0.15) is 6.92 Å². The van der Waals surface area contributed by atoms with E-state index in [2.05, 4.69) is 36.3 Å². The Morgan fingerprint density at radius 2 is 1.91 bits per heavy atom. The quantitative estimate of drug-likeness (QED) is 0.388. The van der Waals surface area contributed by atoms with Gasteiger partial charge in [0, 0.05) is 12.1 Å². The normalized spacial score (nSPS) is 17.4. The molecule has 0 amide bonds. The molecule has 0 unspecified atom stereocenters. The number of carbonyl (C=O) groups is 1. The number of nitro benzene ring substituents is 1. The molecule has 0 radical (unpaired) electrons. The summed E-state index contributed by atoms with van der Waals surface area (Å²) in [6.45, 7) is 1.54. The van der Waals surface area contributed by atoms with Gasteiger partial charge in [0.05, 0.1) is 24.5 Å². The summed E-state index contributed by atoms with van der Waals surface area (Å²) in [6.07, 6.45) is 1.29. The van der Waals surface area contributed by atoms with Gasteiger partial charge in [0.2, 0.25) is 5.78 Å². The number of sulfonamides is 1. The molecule has 120 valence electrons. The molecular weight excluding hydrogens is 456 g/mol. The highest BCUT2D eigenvalue weighted by molar-refractivity contribution is 9.13. The summed E-state index contributed by atoms with van der Waals surface area (Å²) in [7, 11) is -4.16. The Labute approximate surface area is 148 Å². The van der Waals surface area contributed by atoms with Crippen molar-refractivity contribution in [3.8, 4) is 0 Å². The van der Waals surface area contributed by atoms with E-state index in [0.29, 0.717) is 5.57 Å². The van der Waals surface area contributed by atoms with Crippen molar-refractivity contribution in [1.29, 1.82) is 0 Å². The zero-order chi connectivity index (χ0) is 17.4. The van der Waals surface area contributed by atoms with Gasteiger partial charge in [0.15, 0.2) is 0 Å². The van der Waals surface area contributed by atoms with Crippen molar-refractivity contribution in [2.24, 2.45) is 4.40 Å². The minimum absolute atomic E-state index is 0.0647. The molecule has 1 aromatic carbocycles. The maximum Gasteiger partial charge on any atom is 0.283 e. The van der Waals surface area contributed by atoms with E-state index in [1.807, 2.05) is 0 Å². The summed E-state index contributed by atoms with van der Waals surface area (Å²) in [5, 5.41) is 10.8. The van der Waals surface area contributed by atoms with Crippen molar-refractivity contribution in [3.63, 3.8) is 0 Å². The first-order chi connectivity index (χ1) is 10.6.